The van der Waals surface area contributed by atoms with Crippen LogP contribution in [0.1, 0.15) is 351 Å². The molecule has 0 aliphatic rings. The maximum absolute atomic E-state index is 13.0. The first-order chi connectivity index (χ1) is 43.1. The first-order valence-electron chi connectivity index (χ1n) is 36.7. The Morgan fingerprint density at radius 3 is 0.789 bits per heavy atom. The van der Waals surface area contributed by atoms with Crippen molar-refractivity contribution in [3.8, 4) is 0 Å². The number of rotatable bonds is 68. The zero-order valence-corrected chi connectivity index (χ0v) is 60.6. The van der Waals surface area contributed by atoms with Crippen LogP contribution < -0.4 is 0 Å². The second-order valence-electron chi connectivity index (χ2n) is 27.3. The van der Waals surface area contributed by atoms with Crippen LogP contribution >= 0.6 is 15.6 Å². The van der Waals surface area contributed by atoms with Gasteiger partial charge in [-0.25, -0.2) is 9.13 Å². The van der Waals surface area contributed by atoms with Gasteiger partial charge in [-0.3, -0.25) is 37.3 Å². The lowest BCUT2D eigenvalue weighted by Crippen LogP contribution is -2.30. The number of hydrogen-bond acceptors (Lipinski definition) is 15. The van der Waals surface area contributed by atoms with Crippen molar-refractivity contribution in [2.24, 2.45) is 23.7 Å². The lowest BCUT2D eigenvalue weighted by molar-refractivity contribution is -0.161. The maximum Gasteiger partial charge on any atom is 0.472 e. The number of carbonyl (C=O) groups is 4. The summed E-state index contributed by atoms with van der Waals surface area (Å²) in [6.45, 7) is 14.0. The molecule has 0 saturated carbocycles. The minimum atomic E-state index is -4.95. The van der Waals surface area contributed by atoms with Gasteiger partial charge in [0.25, 0.3) is 0 Å². The summed E-state index contributed by atoms with van der Waals surface area (Å²) in [4.78, 5) is 72.4. The molecule has 0 saturated heterocycles. The summed E-state index contributed by atoms with van der Waals surface area (Å²) in [6.07, 6.45) is 43.5. The molecule has 0 fully saturated rings. The lowest BCUT2D eigenvalue weighted by atomic mass is 10.00. The van der Waals surface area contributed by atoms with E-state index >= 15 is 0 Å². The van der Waals surface area contributed by atoms with Crippen LogP contribution in [0.25, 0.3) is 0 Å². The summed E-state index contributed by atoms with van der Waals surface area (Å²) < 4.78 is 68.2. The molecule has 534 valence electrons. The molecule has 0 spiro atoms. The summed E-state index contributed by atoms with van der Waals surface area (Å²) in [5.41, 5.74) is 0. The topological polar surface area (TPSA) is 237 Å². The molecule has 4 unspecified atom stereocenters. The summed E-state index contributed by atoms with van der Waals surface area (Å²) in [7, 11) is -9.90. The van der Waals surface area contributed by atoms with Crippen molar-refractivity contribution in [3.05, 3.63) is 0 Å². The predicted octanol–water partition coefficient (Wildman–Crippen LogP) is 20.1. The number of phosphoric ester groups is 2. The standard InChI is InChI=1S/C71H138O17P2/c1-9-64(8)50-42-34-28-30-38-46-54-71(76)88-67(58-82-69(74)52-44-36-29-27-33-41-49-63(6)7)60-86-90(79,80)84-56-65(72)55-83-89(77,78)85-59-66(57-81-68(73)51-43-35-26-22-24-32-40-48-62(4)5)87-70(75)53-45-37-25-21-19-17-15-13-11-10-12-14-16-18-20-23-31-39-47-61(2)3/h61-67,72H,9-60H2,1-8H3,(H,77,78)(H,79,80)/t64?,65?,66-,67-/m1/s1. The van der Waals surface area contributed by atoms with E-state index in [9.17, 15) is 43.2 Å². The molecule has 6 atom stereocenters. The lowest BCUT2D eigenvalue weighted by Gasteiger charge is -2.21. The van der Waals surface area contributed by atoms with E-state index in [4.69, 9.17) is 37.0 Å². The van der Waals surface area contributed by atoms with Gasteiger partial charge in [-0.2, -0.15) is 0 Å². The SMILES string of the molecule is CCC(C)CCCCCCCCC(=O)O[C@H](COC(=O)CCCCCCCCC(C)C)COP(=O)(O)OCC(O)COP(=O)(O)OC[C@@H](COC(=O)CCCCCCCCCC(C)C)OC(=O)CCCCCCCCCCCCCCCCCCCCC(C)C. The van der Waals surface area contributed by atoms with Crippen molar-refractivity contribution in [2.75, 3.05) is 39.6 Å². The number of ether oxygens (including phenoxy) is 4. The minimum absolute atomic E-state index is 0.101. The third kappa shape index (κ3) is 63.5. The highest BCUT2D eigenvalue weighted by molar-refractivity contribution is 7.47. The predicted molar refractivity (Wildman–Crippen MR) is 363 cm³/mol. The average Bonchev–Trinajstić information content (AvgIpc) is 3.62. The van der Waals surface area contributed by atoms with Crippen LogP contribution in [0.3, 0.4) is 0 Å². The Kier molecular flexibility index (Phi) is 59.4. The van der Waals surface area contributed by atoms with Gasteiger partial charge in [0.15, 0.2) is 12.2 Å². The van der Waals surface area contributed by atoms with Crippen LogP contribution in [0.2, 0.25) is 0 Å². The fourth-order valence-corrected chi connectivity index (χ4v) is 12.2. The normalized spacial score (nSPS) is 14.6. The number of aliphatic hydroxyl groups excluding tert-OH is 1. The van der Waals surface area contributed by atoms with Crippen LogP contribution in [-0.4, -0.2) is 96.7 Å². The zero-order chi connectivity index (χ0) is 66.8. The van der Waals surface area contributed by atoms with Crippen molar-refractivity contribution >= 4 is 39.5 Å². The quantitative estimate of drug-likeness (QED) is 0.0222. The molecule has 0 amide bonds. The molecule has 0 aromatic heterocycles. The van der Waals surface area contributed by atoms with E-state index in [-0.39, 0.29) is 25.7 Å². The molecule has 0 radical (unpaired) electrons. The summed E-state index contributed by atoms with van der Waals surface area (Å²) >= 11 is 0. The van der Waals surface area contributed by atoms with Crippen LogP contribution in [0.4, 0.5) is 0 Å². The summed E-state index contributed by atoms with van der Waals surface area (Å²) in [5, 5.41) is 10.6. The molecule has 0 aliphatic heterocycles. The van der Waals surface area contributed by atoms with Crippen LogP contribution in [0.5, 0.6) is 0 Å². The molecule has 3 N–H and O–H groups in total. The Balaban J connectivity index is 5.15. The molecule has 0 rings (SSSR count). The van der Waals surface area contributed by atoms with Gasteiger partial charge in [-0.15, -0.1) is 0 Å². The number of carbonyl (C=O) groups excluding carboxylic acids is 4. The smallest absolute Gasteiger partial charge is 0.462 e. The Morgan fingerprint density at radius 2 is 0.533 bits per heavy atom. The van der Waals surface area contributed by atoms with E-state index < -0.39 is 97.5 Å². The van der Waals surface area contributed by atoms with E-state index in [2.05, 4.69) is 55.4 Å². The van der Waals surface area contributed by atoms with E-state index in [0.29, 0.717) is 37.5 Å². The van der Waals surface area contributed by atoms with Gasteiger partial charge in [0.2, 0.25) is 0 Å². The first kappa shape index (κ1) is 88.1. The molecule has 90 heavy (non-hydrogen) atoms. The van der Waals surface area contributed by atoms with Crippen molar-refractivity contribution in [2.45, 2.75) is 369 Å². The first-order valence-corrected chi connectivity index (χ1v) is 39.7. The largest absolute Gasteiger partial charge is 0.472 e. The maximum atomic E-state index is 13.0. The number of aliphatic hydroxyl groups is 1. The van der Waals surface area contributed by atoms with Gasteiger partial charge in [-0.1, -0.05) is 299 Å². The highest BCUT2D eigenvalue weighted by Crippen LogP contribution is 2.45. The zero-order valence-electron chi connectivity index (χ0n) is 58.8. The third-order valence-electron chi connectivity index (χ3n) is 16.7. The van der Waals surface area contributed by atoms with Crippen molar-refractivity contribution in [1.29, 1.82) is 0 Å². The number of hydrogen-bond donors (Lipinski definition) is 3. The Bertz CT molecular complexity index is 1780. The van der Waals surface area contributed by atoms with Crippen molar-refractivity contribution < 1.29 is 80.2 Å². The van der Waals surface area contributed by atoms with Crippen LogP contribution in [0.15, 0.2) is 0 Å². The van der Waals surface area contributed by atoms with Gasteiger partial charge in [0.1, 0.15) is 19.3 Å². The Hall–Kier alpha value is -1.94. The van der Waals surface area contributed by atoms with Gasteiger partial charge >= 0.3 is 39.5 Å². The molecule has 19 heteroatoms. The number of esters is 4. The van der Waals surface area contributed by atoms with E-state index in [1.165, 1.54) is 141 Å². The summed E-state index contributed by atoms with van der Waals surface area (Å²) in [6, 6.07) is 0. The molecular formula is C71H138O17P2. The van der Waals surface area contributed by atoms with Gasteiger partial charge in [0.05, 0.1) is 26.4 Å². The second-order valence-corrected chi connectivity index (χ2v) is 30.2. The van der Waals surface area contributed by atoms with Gasteiger partial charge < -0.3 is 33.8 Å². The fraction of sp³-hybridized carbons (Fsp3) is 0.944. The fourth-order valence-electron chi connectivity index (χ4n) is 10.6. The summed E-state index contributed by atoms with van der Waals surface area (Å²) in [5.74, 6) is 0.790. The van der Waals surface area contributed by atoms with Crippen LogP contribution in [-0.2, 0) is 65.4 Å². The second kappa shape index (κ2) is 60.7. The minimum Gasteiger partial charge on any atom is -0.462 e. The van der Waals surface area contributed by atoms with Gasteiger partial charge in [-0.05, 0) is 49.4 Å². The monoisotopic (exact) mass is 1320 g/mol. The number of unbranched alkanes of at least 4 members (excludes halogenated alkanes) is 33. The Morgan fingerprint density at radius 1 is 0.311 bits per heavy atom. The molecule has 17 nitrogen and oxygen atoms in total. The molecule has 0 aromatic carbocycles. The van der Waals surface area contributed by atoms with E-state index in [1.54, 1.807) is 0 Å². The third-order valence-corrected chi connectivity index (χ3v) is 18.6. The van der Waals surface area contributed by atoms with Crippen molar-refractivity contribution in [3.63, 3.8) is 0 Å². The van der Waals surface area contributed by atoms with E-state index in [0.717, 1.165) is 115 Å². The van der Waals surface area contributed by atoms with Crippen molar-refractivity contribution in [1.82, 2.24) is 0 Å². The number of phosphoric acid groups is 2. The highest BCUT2D eigenvalue weighted by atomic mass is 31.2. The molecule has 0 aliphatic carbocycles. The molecular weight excluding hydrogens is 1190 g/mol. The molecule has 0 aromatic rings. The Labute approximate surface area is 549 Å². The molecule has 0 heterocycles. The average molecular weight is 1330 g/mol. The highest BCUT2D eigenvalue weighted by Gasteiger charge is 2.30. The molecule has 0 bridgehead atoms. The van der Waals surface area contributed by atoms with E-state index in [1.807, 2.05) is 0 Å². The van der Waals surface area contributed by atoms with Crippen LogP contribution in [0, 0.1) is 23.7 Å². The van der Waals surface area contributed by atoms with Gasteiger partial charge in [0, 0.05) is 25.7 Å².